The van der Waals surface area contributed by atoms with Crippen LogP contribution in [0.15, 0.2) is 72.9 Å². The van der Waals surface area contributed by atoms with E-state index in [-0.39, 0.29) is 12.5 Å². The molecule has 0 aliphatic rings. The summed E-state index contributed by atoms with van der Waals surface area (Å²) in [4.78, 5) is 12.5. The molecule has 4 heteroatoms. The van der Waals surface area contributed by atoms with E-state index >= 15 is 0 Å². The van der Waals surface area contributed by atoms with Crippen LogP contribution in [0.25, 0.3) is 0 Å². The number of carbonyl (C=O) groups is 1. The molecule has 0 aliphatic carbocycles. The fourth-order valence-electron chi connectivity index (χ4n) is 10.7. The Morgan fingerprint density at radius 2 is 0.584 bits per heavy atom. The zero-order chi connectivity index (χ0) is 55.5. The summed E-state index contributed by atoms with van der Waals surface area (Å²) in [7, 11) is 0. The van der Waals surface area contributed by atoms with Crippen LogP contribution in [-0.2, 0) is 4.79 Å². The van der Waals surface area contributed by atoms with Crippen molar-refractivity contribution in [2.24, 2.45) is 0 Å². The predicted molar refractivity (Wildman–Crippen MR) is 345 cm³/mol. The van der Waals surface area contributed by atoms with Crippen LogP contribution < -0.4 is 5.32 Å². The number of allylic oxidation sites excluding steroid dienone is 11. The lowest BCUT2D eigenvalue weighted by Gasteiger charge is -2.19. The number of hydrogen-bond acceptors (Lipinski definition) is 3. The first-order valence-electron chi connectivity index (χ1n) is 34.7. The molecule has 3 N–H and O–H groups in total. The molecule has 4 nitrogen and oxygen atoms in total. The standard InChI is InChI=1S/C73H135NO3/c1-3-5-7-9-11-13-15-17-19-21-23-25-27-29-31-33-35-36-37-38-39-41-43-45-47-49-51-53-55-57-59-61-63-65-67-69-73(77)74-71(70-75)72(76)68-66-64-62-60-58-56-54-52-50-48-46-44-42-40-34-32-30-28-26-24-22-20-18-16-14-12-10-8-6-4-2/h5,7,11,13,17,19,23,25,58,60,66,68,71-72,75-76H,3-4,6,8-10,12,14-16,18,20-22,24,26-57,59,61-65,67,69-70H2,1-2H3,(H,74,77)/b7-5-,13-11-,19-17-,25-23-,60-58+,68-66+. The van der Waals surface area contributed by atoms with Crippen LogP contribution in [0.4, 0.5) is 0 Å². The minimum absolute atomic E-state index is 0.0680. The van der Waals surface area contributed by atoms with E-state index in [2.05, 4.69) is 79.9 Å². The number of nitrogens with one attached hydrogen (secondary N) is 1. The van der Waals surface area contributed by atoms with Crippen LogP contribution in [0.1, 0.15) is 367 Å². The minimum atomic E-state index is -0.865. The quantitative estimate of drug-likeness (QED) is 0.0420. The third-order valence-electron chi connectivity index (χ3n) is 15.9. The van der Waals surface area contributed by atoms with Crippen LogP contribution >= 0.6 is 0 Å². The third kappa shape index (κ3) is 64.5. The van der Waals surface area contributed by atoms with Crippen LogP contribution in [0.5, 0.6) is 0 Å². The zero-order valence-electron chi connectivity index (χ0n) is 52.0. The van der Waals surface area contributed by atoms with Crippen molar-refractivity contribution in [1.29, 1.82) is 0 Å². The molecule has 0 heterocycles. The van der Waals surface area contributed by atoms with Gasteiger partial charge < -0.3 is 15.5 Å². The first kappa shape index (κ1) is 74.8. The molecule has 0 aliphatic heterocycles. The number of aliphatic hydroxyl groups is 2. The summed E-state index contributed by atoms with van der Waals surface area (Å²) >= 11 is 0. The van der Waals surface area contributed by atoms with Gasteiger partial charge in [0.05, 0.1) is 18.8 Å². The fourth-order valence-corrected chi connectivity index (χ4v) is 10.7. The SMILES string of the molecule is CC/C=C\C/C=C\C/C=C\C/C=C\CCCCCCCCCCCCCCCCCCCCCCCCC(=O)NC(CO)C(O)/C=C/CC/C=C/CCCCCCCCCCCCCCCCCCCCCCCCCC. The molecule has 0 saturated carbocycles. The molecule has 0 aromatic rings. The summed E-state index contributed by atoms with van der Waals surface area (Å²) in [6.45, 7) is 4.22. The highest BCUT2D eigenvalue weighted by molar-refractivity contribution is 5.76. The summed E-state index contributed by atoms with van der Waals surface area (Å²) < 4.78 is 0. The molecule has 0 spiro atoms. The zero-order valence-corrected chi connectivity index (χ0v) is 52.0. The topological polar surface area (TPSA) is 69.6 Å². The highest BCUT2D eigenvalue weighted by atomic mass is 16.3. The number of rotatable bonds is 64. The first-order valence-corrected chi connectivity index (χ1v) is 34.7. The largest absolute Gasteiger partial charge is 0.394 e. The van der Waals surface area contributed by atoms with Crippen LogP contribution in [-0.4, -0.2) is 34.9 Å². The maximum Gasteiger partial charge on any atom is 0.220 e. The van der Waals surface area contributed by atoms with Crippen molar-refractivity contribution in [3.63, 3.8) is 0 Å². The lowest BCUT2D eigenvalue weighted by molar-refractivity contribution is -0.123. The Labute approximate surface area is 482 Å². The lowest BCUT2D eigenvalue weighted by Crippen LogP contribution is -2.45. The molecule has 77 heavy (non-hydrogen) atoms. The van der Waals surface area contributed by atoms with E-state index in [1.165, 1.54) is 289 Å². The molecule has 2 atom stereocenters. The number of carbonyl (C=O) groups excluding carboxylic acids is 1. The van der Waals surface area contributed by atoms with E-state index in [0.717, 1.165) is 57.8 Å². The second-order valence-corrected chi connectivity index (χ2v) is 23.6. The summed E-state index contributed by atoms with van der Waals surface area (Å²) in [5.41, 5.74) is 0. The van der Waals surface area contributed by atoms with Crippen LogP contribution in [0.3, 0.4) is 0 Å². The smallest absolute Gasteiger partial charge is 0.220 e. The summed E-state index contributed by atoms with van der Waals surface area (Å²) in [6.07, 6.45) is 98.5. The predicted octanol–water partition coefficient (Wildman–Crippen LogP) is 23.7. The van der Waals surface area contributed by atoms with E-state index in [9.17, 15) is 15.0 Å². The highest BCUT2D eigenvalue weighted by Crippen LogP contribution is 2.19. The van der Waals surface area contributed by atoms with Crippen molar-refractivity contribution >= 4 is 5.91 Å². The maximum atomic E-state index is 12.5. The maximum absolute atomic E-state index is 12.5. The average Bonchev–Trinajstić information content (AvgIpc) is 3.43. The molecular formula is C73H135NO3. The Morgan fingerprint density at radius 1 is 0.325 bits per heavy atom. The van der Waals surface area contributed by atoms with Crippen molar-refractivity contribution in [2.45, 2.75) is 379 Å². The van der Waals surface area contributed by atoms with Gasteiger partial charge >= 0.3 is 0 Å². The Hall–Kier alpha value is -2.17. The Balaban J connectivity index is 3.46. The van der Waals surface area contributed by atoms with Gasteiger partial charge in [-0.3, -0.25) is 4.79 Å². The molecular weight excluding hydrogens is 939 g/mol. The minimum Gasteiger partial charge on any atom is -0.394 e. The van der Waals surface area contributed by atoms with Gasteiger partial charge in [0.15, 0.2) is 0 Å². The lowest BCUT2D eigenvalue weighted by atomic mass is 10.0. The van der Waals surface area contributed by atoms with Gasteiger partial charge in [-0.1, -0.05) is 363 Å². The summed E-state index contributed by atoms with van der Waals surface area (Å²) in [6, 6.07) is -0.642. The molecule has 0 fully saturated rings. The monoisotopic (exact) mass is 1070 g/mol. The molecule has 0 bridgehead atoms. The van der Waals surface area contributed by atoms with Gasteiger partial charge in [0, 0.05) is 6.42 Å². The third-order valence-corrected chi connectivity index (χ3v) is 15.9. The molecule has 2 unspecified atom stereocenters. The van der Waals surface area contributed by atoms with Gasteiger partial charge in [-0.25, -0.2) is 0 Å². The van der Waals surface area contributed by atoms with E-state index in [1.807, 2.05) is 6.08 Å². The van der Waals surface area contributed by atoms with Gasteiger partial charge in [0.1, 0.15) is 0 Å². The number of amides is 1. The fraction of sp³-hybridized carbons (Fsp3) is 0.822. The average molecular weight is 1070 g/mol. The molecule has 1 amide bonds. The molecule has 0 saturated heterocycles. The molecule has 0 rings (SSSR count). The van der Waals surface area contributed by atoms with Crippen molar-refractivity contribution in [3.8, 4) is 0 Å². The Bertz CT molecular complexity index is 1310. The highest BCUT2D eigenvalue weighted by Gasteiger charge is 2.18. The van der Waals surface area contributed by atoms with E-state index < -0.39 is 12.1 Å². The molecule has 0 aromatic carbocycles. The van der Waals surface area contributed by atoms with Crippen molar-refractivity contribution in [2.75, 3.05) is 6.61 Å². The molecule has 0 radical (unpaired) electrons. The van der Waals surface area contributed by atoms with Crippen molar-refractivity contribution in [3.05, 3.63) is 72.9 Å². The number of aliphatic hydroxyl groups excluding tert-OH is 2. The second kappa shape index (κ2) is 68.1. The normalized spacial score (nSPS) is 13.1. The molecule has 450 valence electrons. The Kier molecular flexibility index (Phi) is 66.2. The van der Waals surface area contributed by atoms with Crippen LogP contribution in [0, 0.1) is 0 Å². The van der Waals surface area contributed by atoms with E-state index in [0.29, 0.717) is 6.42 Å². The number of hydrogen-bond donors (Lipinski definition) is 3. The van der Waals surface area contributed by atoms with Crippen molar-refractivity contribution in [1.82, 2.24) is 5.32 Å². The van der Waals surface area contributed by atoms with Crippen LogP contribution in [0.2, 0.25) is 0 Å². The summed E-state index contributed by atoms with van der Waals surface area (Å²) in [5.74, 6) is -0.0680. The van der Waals surface area contributed by atoms with Gasteiger partial charge in [0.2, 0.25) is 5.91 Å². The van der Waals surface area contributed by atoms with Gasteiger partial charge in [-0.05, 0) is 70.6 Å². The van der Waals surface area contributed by atoms with Crippen molar-refractivity contribution < 1.29 is 15.0 Å². The second-order valence-electron chi connectivity index (χ2n) is 23.6. The van der Waals surface area contributed by atoms with E-state index in [1.54, 1.807) is 6.08 Å². The van der Waals surface area contributed by atoms with Gasteiger partial charge in [-0.15, -0.1) is 0 Å². The Morgan fingerprint density at radius 3 is 0.909 bits per heavy atom. The summed E-state index contributed by atoms with van der Waals surface area (Å²) in [5, 5.41) is 23.3. The molecule has 0 aromatic heterocycles. The first-order chi connectivity index (χ1) is 38.2. The van der Waals surface area contributed by atoms with E-state index in [4.69, 9.17) is 0 Å². The van der Waals surface area contributed by atoms with Gasteiger partial charge in [-0.2, -0.15) is 0 Å². The number of unbranched alkanes of at least 4 members (excludes halogenated alkanes) is 47. The van der Waals surface area contributed by atoms with Gasteiger partial charge in [0.25, 0.3) is 0 Å².